The number of piperazine rings is 1. The van der Waals surface area contributed by atoms with E-state index in [0.717, 1.165) is 57.7 Å². The van der Waals surface area contributed by atoms with E-state index in [4.69, 9.17) is 4.74 Å². The summed E-state index contributed by atoms with van der Waals surface area (Å²) < 4.78 is 43.2. The van der Waals surface area contributed by atoms with Crippen molar-refractivity contribution in [2.75, 3.05) is 46.4 Å². The van der Waals surface area contributed by atoms with Crippen LogP contribution in [0.5, 0.6) is 5.75 Å². The summed E-state index contributed by atoms with van der Waals surface area (Å²) in [7, 11) is 2.13. The molecule has 0 aliphatic carbocycles. The highest BCUT2D eigenvalue weighted by Crippen LogP contribution is 2.31. The minimum atomic E-state index is -4.32. The van der Waals surface area contributed by atoms with Crippen LogP contribution in [0.25, 0.3) is 0 Å². The fraction of sp³-hybridized carbons (Fsp3) is 0.625. The zero-order valence-corrected chi connectivity index (χ0v) is 12.9. The first kappa shape index (κ1) is 17.1. The van der Waals surface area contributed by atoms with Gasteiger partial charge >= 0.3 is 6.18 Å². The molecular weight excluding hydrogens is 293 g/mol. The summed E-state index contributed by atoms with van der Waals surface area (Å²) in [6, 6.07) is 5.05. The Kier molecular flexibility index (Phi) is 6.08. The quantitative estimate of drug-likeness (QED) is 0.750. The zero-order valence-electron chi connectivity index (χ0n) is 12.9. The van der Waals surface area contributed by atoms with Crippen LogP contribution >= 0.6 is 0 Å². The number of unbranched alkanes of at least 4 members (excludes halogenated alkanes) is 1. The van der Waals surface area contributed by atoms with Crippen LogP contribution in [0.2, 0.25) is 0 Å². The van der Waals surface area contributed by atoms with Crippen molar-refractivity contribution in [3.05, 3.63) is 29.8 Å². The summed E-state index contributed by atoms with van der Waals surface area (Å²) in [6.45, 7) is 5.85. The first-order valence-electron chi connectivity index (χ1n) is 7.66. The molecule has 1 heterocycles. The van der Waals surface area contributed by atoms with Gasteiger partial charge in [-0.2, -0.15) is 13.2 Å². The van der Waals surface area contributed by atoms with Crippen LogP contribution in [0.15, 0.2) is 24.3 Å². The van der Waals surface area contributed by atoms with Gasteiger partial charge in [0.25, 0.3) is 0 Å². The Morgan fingerprint density at radius 1 is 1.09 bits per heavy atom. The highest BCUT2D eigenvalue weighted by atomic mass is 19.4. The lowest BCUT2D eigenvalue weighted by atomic mass is 10.2. The molecule has 1 saturated heterocycles. The Morgan fingerprint density at radius 2 is 1.82 bits per heavy atom. The minimum Gasteiger partial charge on any atom is -0.494 e. The van der Waals surface area contributed by atoms with Crippen LogP contribution < -0.4 is 4.74 Å². The molecule has 22 heavy (non-hydrogen) atoms. The normalized spacial score (nSPS) is 17.6. The van der Waals surface area contributed by atoms with E-state index >= 15 is 0 Å². The van der Waals surface area contributed by atoms with Gasteiger partial charge in [0.1, 0.15) is 5.75 Å². The van der Waals surface area contributed by atoms with Gasteiger partial charge < -0.3 is 14.5 Å². The summed E-state index contributed by atoms with van der Waals surface area (Å²) in [5, 5.41) is 0. The van der Waals surface area contributed by atoms with Gasteiger partial charge in [0.2, 0.25) is 0 Å². The topological polar surface area (TPSA) is 15.7 Å². The molecule has 2 rings (SSSR count). The van der Waals surface area contributed by atoms with E-state index in [2.05, 4.69) is 16.8 Å². The lowest BCUT2D eigenvalue weighted by Crippen LogP contribution is -2.44. The van der Waals surface area contributed by atoms with Crippen LogP contribution in [0.4, 0.5) is 13.2 Å². The molecular formula is C16H23F3N2O. The first-order chi connectivity index (χ1) is 10.4. The Morgan fingerprint density at radius 3 is 2.50 bits per heavy atom. The van der Waals surface area contributed by atoms with Crippen LogP contribution in [0.3, 0.4) is 0 Å². The van der Waals surface area contributed by atoms with Crippen molar-refractivity contribution in [1.82, 2.24) is 9.80 Å². The lowest BCUT2D eigenvalue weighted by molar-refractivity contribution is -0.137. The van der Waals surface area contributed by atoms with E-state index in [1.165, 1.54) is 6.07 Å². The molecule has 0 radical (unpaired) electrons. The van der Waals surface area contributed by atoms with Crippen molar-refractivity contribution in [2.45, 2.75) is 19.0 Å². The highest BCUT2D eigenvalue weighted by molar-refractivity contribution is 5.30. The summed E-state index contributed by atoms with van der Waals surface area (Å²) >= 11 is 0. The zero-order chi connectivity index (χ0) is 16.0. The molecule has 1 fully saturated rings. The summed E-state index contributed by atoms with van der Waals surface area (Å²) in [6.07, 6.45) is -2.47. The molecule has 0 spiro atoms. The predicted molar refractivity (Wildman–Crippen MR) is 80.1 cm³/mol. The van der Waals surface area contributed by atoms with Crippen LogP contribution in [-0.4, -0.2) is 56.2 Å². The number of likely N-dealkylation sites (N-methyl/N-ethyl adjacent to an activating group) is 1. The molecule has 0 aromatic heterocycles. The molecule has 1 aromatic carbocycles. The molecule has 1 aliphatic rings. The van der Waals surface area contributed by atoms with Gasteiger partial charge in [-0.15, -0.1) is 0 Å². The van der Waals surface area contributed by atoms with Gasteiger partial charge in [0, 0.05) is 26.2 Å². The molecule has 3 nitrogen and oxygen atoms in total. The van der Waals surface area contributed by atoms with Crippen molar-refractivity contribution in [2.24, 2.45) is 0 Å². The molecule has 1 aromatic rings. The van der Waals surface area contributed by atoms with Crippen molar-refractivity contribution in [1.29, 1.82) is 0 Å². The number of nitrogens with zero attached hydrogens (tertiary/aromatic N) is 2. The predicted octanol–water partition coefficient (Wildman–Crippen LogP) is 3.11. The molecule has 1 aliphatic heterocycles. The van der Waals surface area contributed by atoms with Crippen LogP contribution in [0.1, 0.15) is 18.4 Å². The molecule has 0 bridgehead atoms. The summed E-state index contributed by atoms with van der Waals surface area (Å²) in [5.41, 5.74) is -0.664. The number of hydrogen-bond acceptors (Lipinski definition) is 3. The maximum Gasteiger partial charge on any atom is 0.416 e. The van der Waals surface area contributed by atoms with E-state index < -0.39 is 11.7 Å². The van der Waals surface area contributed by atoms with Crippen molar-refractivity contribution in [3.63, 3.8) is 0 Å². The van der Waals surface area contributed by atoms with E-state index in [9.17, 15) is 13.2 Å². The number of benzene rings is 1. The van der Waals surface area contributed by atoms with Crippen molar-refractivity contribution in [3.8, 4) is 5.75 Å². The fourth-order valence-electron chi connectivity index (χ4n) is 2.46. The summed E-state index contributed by atoms with van der Waals surface area (Å²) in [5.74, 6) is 0.287. The number of alkyl halides is 3. The largest absolute Gasteiger partial charge is 0.494 e. The Hall–Kier alpha value is -1.27. The minimum absolute atomic E-state index is 0.287. The third kappa shape index (κ3) is 5.50. The molecule has 0 saturated carbocycles. The standard InChI is InChI=1S/C16H23F3N2O/c1-20-8-10-21(11-9-20)7-2-3-12-22-15-6-4-5-14(13-15)16(17,18)19/h4-6,13H,2-3,7-12H2,1H3. The molecule has 0 unspecified atom stereocenters. The third-order valence-electron chi connectivity index (χ3n) is 3.89. The van der Waals surface area contributed by atoms with Gasteiger partial charge in [-0.25, -0.2) is 0 Å². The molecule has 0 amide bonds. The molecule has 0 N–H and O–H groups in total. The number of halogens is 3. The van der Waals surface area contributed by atoms with Crippen LogP contribution in [-0.2, 0) is 6.18 Å². The second kappa shape index (κ2) is 7.83. The van der Waals surface area contributed by atoms with Crippen molar-refractivity contribution >= 4 is 0 Å². The highest BCUT2D eigenvalue weighted by Gasteiger charge is 2.30. The number of rotatable bonds is 6. The van der Waals surface area contributed by atoms with Gasteiger partial charge in [-0.1, -0.05) is 6.07 Å². The number of ether oxygens (including phenoxy) is 1. The van der Waals surface area contributed by atoms with Crippen LogP contribution in [0, 0.1) is 0 Å². The fourth-order valence-corrected chi connectivity index (χ4v) is 2.46. The van der Waals surface area contributed by atoms with E-state index in [1.807, 2.05) is 0 Å². The van der Waals surface area contributed by atoms with Gasteiger partial charge in [-0.05, 0) is 44.6 Å². The first-order valence-corrected chi connectivity index (χ1v) is 7.66. The average Bonchev–Trinajstić information content (AvgIpc) is 2.48. The van der Waals surface area contributed by atoms with Gasteiger partial charge in [0.05, 0.1) is 12.2 Å². The molecule has 124 valence electrons. The maximum absolute atomic E-state index is 12.6. The second-order valence-electron chi connectivity index (χ2n) is 5.73. The molecule has 0 atom stereocenters. The third-order valence-corrected chi connectivity index (χ3v) is 3.89. The van der Waals surface area contributed by atoms with E-state index in [1.54, 1.807) is 6.07 Å². The van der Waals surface area contributed by atoms with Gasteiger partial charge in [0.15, 0.2) is 0 Å². The lowest BCUT2D eigenvalue weighted by Gasteiger charge is -2.32. The monoisotopic (exact) mass is 316 g/mol. The number of hydrogen-bond donors (Lipinski definition) is 0. The SMILES string of the molecule is CN1CCN(CCCCOc2cccc(C(F)(F)F)c2)CC1. The van der Waals surface area contributed by atoms with Gasteiger partial charge in [-0.3, -0.25) is 0 Å². The maximum atomic E-state index is 12.6. The Bertz CT molecular complexity index is 457. The average molecular weight is 316 g/mol. The second-order valence-corrected chi connectivity index (χ2v) is 5.73. The molecule has 6 heteroatoms. The van der Waals surface area contributed by atoms with E-state index in [0.29, 0.717) is 6.61 Å². The Balaban J connectivity index is 1.64. The van der Waals surface area contributed by atoms with Crippen molar-refractivity contribution < 1.29 is 17.9 Å². The van der Waals surface area contributed by atoms with E-state index in [-0.39, 0.29) is 5.75 Å². The summed E-state index contributed by atoms with van der Waals surface area (Å²) in [4.78, 5) is 4.73. The smallest absolute Gasteiger partial charge is 0.416 e. The Labute approximate surface area is 129 Å².